The Bertz CT molecular complexity index is 629. The van der Waals surface area contributed by atoms with Gasteiger partial charge in [-0.3, -0.25) is 4.99 Å². The molecule has 0 bridgehead atoms. The van der Waals surface area contributed by atoms with Gasteiger partial charge < -0.3 is 20.4 Å². The van der Waals surface area contributed by atoms with Gasteiger partial charge in [0.2, 0.25) is 0 Å². The molecular weight excluding hydrogens is 475 g/mol. The third kappa shape index (κ3) is 6.17. The number of likely N-dealkylation sites (tertiary alicyclic amines) is 1. The van der Waals surface area contributed by atoms with Crippen molar-refractivity contribution in [3.8, 4) is 0 Å². The number of nitrogens with one attached hydrogen (secondary N) is 2. The molecule has 1 aromatic carbocycles. The van der Waals surface area contributed by atoms with Gasteiger partial charge in [-0.2, -0.15) is 0 Å². The first-order valence-corrected chi connectivity index (χ1v) is 9.99. The highest BCUT2D eigenvalue weighted by Crippen LogP contribution is 2.26. The van der Waals surface area contributed by atoms with Crippen LogP contribution in [0.1, 0.15) is 26.2 Å². The summed E-state index contributed by atoms with van der Waals surface area (Å²) in [5.41, 5.74) is 0.0788. The van der Waals surface area contributed by atoms with Gasteiger partial charge in [0.25, 0.3) is 0 Å². The number of nitrogens with zero attached hydrogens (tertiary/aromatic N) is 3. The van der Waals surface area contributed by atoms with Crippen LogP contribution in [0.4, 0.5) is 14.5 Å². The van der Waals surface area contributed by atoms with E-state index in [0.717, 1.165) is 38.6 Å². The monoisotopic (exact) mass is 507 g/mol. The second-order valence-corrected chi connectivity index (χ2v) is 7.61. The zero-order valence-corrected chi connectivity index (χ0v) is 19.1. The quantitative estimate of drug-likeness (QED) is 0.366. The first-order chi connectivity index (χ1) is 13.1. The average molecular weight is 507 g/mol. The number of guanidine groups is 1. The maximum absolute atomic E-state index is 14.0. The molecule has 28 heavy (non-hydrogen) atoms. The van der Waals surface area contributed by atoms with Crippen molar-refractivity contribution in [3.05, 3.63) is 29.8 Å². The van der Waals surface area contributed by atoms with Crippen LogP contribution in [0.25, 0.3) is 0 Å². The van der Waals surface area contributed by atoms with Crippen LogP contribution in [-0.2, 0) is 0 Å². The molecule has 2 aliphatic rings. The number of aliphatic imine (C=N–C) groups is 1. The number of halogens is 3. The fourth-order valence-corrected chi connectivity index (χ4v) is 3.85. The Labute approximate surface area is 184 Å². The second kappa shape index (κ2) is 11.1. The topological polar surface area (TPSA) is 42.9 Å². The van der Waals surface area contributed by atoms with Gasteiger partial charge in [-0.1, -0.05) is 6.07 Å². The number of para-hydroxylation sites is 1. The van der Waals surface area contributed by atoms with E-state index in [-0.39, 0.29) is 35.7 Å². The normalized spacial score (nSPS) is 21.5. The molecule has 0 saturated carbocycles. The summed E-state index contributed by atoms with van der Waals surface area (Å²) in [6.07, 6.45) is 3.19. The van der Waals surface area contributed by atoms with Crippen LogP contribution >= 0.6 is 24.0 Å². The number of piperidine rings is 1. The fourth-order valence-electron chi connectivity index (χ4n) is 3.85. The molecule has 0 spiro atoms. The molecule has 2 saturated heterocycles. The standard InChI is InChI=1S/C20H31F2N5.HI/c1-3-23-20(24-13-15-7-10-26(2)11-8-15)25-16-9-12-27(14-16)19-17(21)5-4-6-18(19)22;/h4-6,15-16H,3,7-14H2,1-2H3,(H2,23,24,25);1H. The lowest BCUT2D eigenvalue weighted by molar-refractivity contribution is 0.223. The predicted octanol–water partition coefficient (Wildman–Crippen LogP) is 3.06. The van der Waals surface area contributed by atoms with E-state index in [1.54, 1.807) is 4.90 Å². The summed E-state index contributed by atoms with van der Waals surface area (Å²) in [6.45, 7) is 7.12. The molecule has 0 aromatic heterocycles. The van der Waals surface area contributed by atoms with Crippen molar-refractivity contribution < 1.29 is 8.78 Å². The Kier molecular flexibility index (Phi) is 9.20. The van der Waals surface area contributed by atoms with Crippen molar-refractivity contribution in [3.63, 3.8) is 0 Å². The molecule has 1 unspecified atom stereocenters. The number of hydrogen-bond acceptors (Lipinski definition) is 3. The summed E-state index contributed by atoms with van der Waals surface area (Å²) in [6, 6.07) is 4.15. The predicted molar refractivity (Wildman–Crippen MR) is 122 cm³/mol. The summed E-state index contributed by atoms with van der Waals surface area (Å²) in [7, 11) is 2.16. The van der Waals surface area contributed by atoms with Gasteiger partial charge in [0, 0.05) is 32.2 Å². The van der Waals surface area contributed by atoms with E-state index in [1.165, 1.54) is 31.0 Å². The number of benzene rings is 1. The van der Waals surface area contributed by atoms with Crippen LogP contribution in [-0.4, -0.2) is 63.2 Å². The van der Waals surface area contributed by atoms with Gasteiger partial charge in [0.05, 0.1) is 0 Å². The van der Waals surface area contributed by atoms with Crippen LogP contribution in [0.15, 0.2) is 23.2 Å². The van der Waals surface area contributed by atoms with Crippen molar-refractivity contribution in [1.82, 2.24) is 15.5 Å². The van der Waals surface area contributed by atoms with E-state index in [9.17, 15) is 8.78 Å². The smallest absolute Gasteiger partial charge is 0.191 e. The zero-order valence-electron chi connectivity index (χ0n) is 16.8. The van der Waals surface area contributed by atoms with E-state index in [1.807, 2.05) is 6.92 Å². The molecule has 8 heteroatoms. The van der Waals surface area contributed by atoms with Crippen LogP contribution < -0.4 is 15.5 Å². The fraction of sp³-hybridized carbons (Fsp3) is 0.650. The molecule has 0 radical (unpaired) electrons. The third-order valence-corrected chi connectivity index (χ3v) is 5.47. The molecule has 1 atom stereocenters. The first-order valence-electron chi connectivity index (χ1n) is 9.99. The molecule has 2 N–H and O–H groups in total. The number of anilines is 1. The SMILES string of the molecule is CCNC(=NCC1CCN(C)CC1)NC1CCN(c2c(F)cccc2F)C1.I. The van der Waals surface area contributed by atoms with Crippen LogP contribution in [0.3, 0.4) is 0 Å². The van der Waals surface area contributed by atoms with Crippen LogP contribution in [0.2, 0.25) is 0 Å². The van der Waals surface area contributed by atoms with Crippen molar-refractivity contribution in [2.75, 3.05) is 51.2 Å². The highest BCUT2D eigenvalue weighted by Gasteiger charge is 2.27. The maximum Gasteiger partial charge on any atom is 0.191 e. The lowest BCUT2D eigenvalue weighted by atomic mass is 9.97. The Morgan fingerprint density at radius 3 is 2.46 bits per heavy atom. The van der Waals surface area contributed by atoms with Gasteiger partial charge in [0.15, 0.2) is 5.96 Å². The van der Waals surface area contributed by atoms with Gasteiger partial charge in [0.1, 0.15) is 17.3 Å². The Hall–Kier alpha value is -1.16. The molecule has 0 aliphatic carbocycles. The molecule has 2 aliphatic heterocycles. The van der Waals surface area contributed by atoms with Crippen molar-refractivity contribution in [1.29, 1.82) is 0 Å². The van der Waals surface area contributed by atoms with Gasteiger partial charge in [-0.05, 0) is 64.4 Å². The van der Waals surface area contributed by atoms with E-state index < -0.39 is 11.6 Å². The molecule has 1 aromatic rings. The summed E-state index contributed by atoms with van der Waals surface area (Å²) in [5.74, 6) is 0.429. The molecule has 2 heterocycles. The molecular formula is C20H32F2IN5. The third-order valence-electron chi connectivity index (χ3n) is 5.47. The Balaban J connectivity index is 0.00000280. The van der Waals surface area contributed by atoms with Gasteiger partial charge >= 0.3 is 0 Å². The van der Waals surface area contributed by atoms with Gasteiger partial charge in [-0.25, -0.2) is 8.78 Å². The minimum atomic E-state index is -0.501. The Morgan fingerprint density at radius 2 is 1.82 bits per heavy atom. The molecule has 3 rings (SSSR count). The summed E-state index contributed by atoms with van der Waals surface area (Å²) in [5, 5.41) is 6.74. The lowest BCUT2D eigenvalue weighted by Gasteiger charge is -2.28. The summed E-state index contributed by atoms with van der Waals surface area (Å²) >= 11 is 0. The molecule has 2 fully saturated rings. The summed E-state index contributed by atoms with van der Waals surface area (Å²) < 4.78 is 28.1. The minimum Gasteiger partial charge on any atom is -0.365 e. The van der Waals surface area contributed by atoms with Gasteiger partial charge in [-0.15, -0.1) is 24.0 Å². The van der Waals surface area contributed by atoms with Crippen molar-refractivity contribution in [2.45, 2.75) is 32.2 Å². The number of rotatable bonds is 5. The molecule has 158 valence electrons. The Morgan fingerprint density at radius 1 is 1.14 bits per heavy atom. The summed E-state index contributed by atoms with van der Waals surface area (Å²) in [4.78, 5) is 8.91. The molecule has 0 amide bonds. The number of hydrogen-bond donors (Lipinski definition) is 2. The zero-order chi connectivity index (χ0) is 19.2. The van der Waals surface area contributed by atoms with Crippen molar-refractivity contribution in [2.24, 2.45) is 10.9 Å². The van der Waals surface area contributed by atoms with E-state index in [4.69, 9.17) is 4.99 Å². The van der Waals surface area contributed by atoms with Crippen molar-refractivity contribution >= 4 is 35.6 Å². The maximum atomic E-state index is 14.0. The van der Waals surface area contributed by atoms with Crippen LogP contribution in [0.5, 0.6) is 0 Å². The highest BCUT2D eigenvalue weighted by molar-refractivity contribution is 14.0. The first kappa shape index (κ1) is 23.1. The lowest BCUT2D eigenvalue weighted by Crippen LogP contribution is -2.45. The van der Waals surface area contributed by atoms with E-state index >= 15 is 0 Å². The van der Waals surface area contributed by atoms with E-state index in [0.29, 0.717) is 19.0 Å². The van der Waals surface area contributed by atoms with E-state index in [2.05, 4.69) is 22.6 Å². The highest BCUT2D eigenvalue weighted by atomic mass is 127. The average Bonchev–Trinajstić information content (AvgIpc) is 3.09. The molecule has 5 nitrogen and oxygen atoms in total. The largest absolute Gasteiger partial charge is 0.365 e. The van der Waals surface area contributed by atoms with Crippen LogP contribution in [0, 0.1) is 17.6 Å². The second-order valence-electron chi connectivity index (χ2n) is 7.61. The minimum absolute atomic E-state index is 0.